The smallest absolute Gasteiger partial charge is 0.344 e. The van der Waals surface area contributed by atoms with Crippen molar-refractivity contribution in [1.29, 1.82) is 0 Å². The van der Waals surface area contributed by atoms with Crippen LogP contribution in [-0.2, 0) is 14.6 Å². The van der Waals surface area contributed by atoms with E-state index < -0.39 is 26.4 Å². The minimum atomic E-state index is -3.88. The van der Waals surface area contributed by atoms with Crippen molar-refractivity contribution >= 4 is 21.5 Å². The number of hydrogen-bond acceptors (Lipinski definition) is 6. The van der Waals surface area contributed by atoms with E-state index in [1.807, 2.05) is 6.92 Å². The molecule has 1 aliphatic carbocycles. The number of ether oxygens (including phenoxy) is 1. The minimum absolute atomic E-state index is 0.0647. The lowest BCUT2D eigenvalue weighted by atomic mass is 9.89. The highest BCUT2D eigenvalue weighted by atomic mass is 32.2. The molecule has 0 amide bonds. The van der Waals surface area contributed by atoms with Crippen molar-refractivity contribution in [3.05, 3.63) is 33.4 Å². The second kappa shape index (κ2) is 6.27. The number of rotatable bonds is 4. The second-order valence-corrected chi connectivity index (χ2v) is 7.87. The quantitative estimate of drug-likeness (QED) is 0.474. The first-order valence-corrected chi connectivity index (χ1v) is 9.17. The number of hydrogen-bond donors (Lipinski definition) is 0. The summed E-state index contributed by atoms with van der Waals surface area (Å²) in [6.45, 7) is 2.00. The SMILES string of the molecule is COC(=O)c1ccc(C2CCCC2C)c(S(C)(=O)=O)c1[N+](=O)[O-]. The third-order valence-electron chi connectivity index (χ3n) is 4.38. The lowest BCUT2D eigenvalue weighted by Crippen LogP contribution is -2.15. The number of nitro groups is 1. The average Bonchev–Trinajstić information content (AvgIpc) is 2.89. The zero-order chi connectivity index (χ0) is 17.4. The van der Waals surface area contributed by atoms with Crippen molar-refractivity contribution in [2.45, 2.75) is 37.0 Å². The zero-order valence-electron chi connectivity index (χ0n) is 13.2. The standard InChI is InChI=1S/C15H19NO6S/c1-9-5-4-6-10(9)11-7-8-12(15(17)22-2)13(16(18)19)14(11)23(3,20)21/h7-10H,4-6H2,1-3H3. The second-order valence-electron chi connectivity index (χ2n) is 5.92. The van der Waals surface area contributed by atoms with Gasteiger partial charge in [-0.25, -0.2) is 13.2 Å². The van der Waals surface area contributed by atoms with Gasteiger partial charge in [0.1, 0.15) is 10.5 Å². The minimum Gasteiger partial charge on any atom is -0.465 e. The lowest BCUT2D eigenvalue weighted by molar-refractivity contribution is -0.388. The molecule has 1 aromatic rings. The number of sulfone groups is 1. The van der Waals surface area contributed by atoms with Crippen LogP contribution in [0.15, 0.2) is 17.0 Å². The number of carbonyl (C=O) groups is 1. The molecule has 2 unspecified atom stereocenters. The molecule has 1 saturated carbocycles. The molecular formula is C15H19NO6S. The normalized spacial score (nSPS) is 21.2. The summed E-state index contributed by atoms with van der Waals surface area (Å²) >= 11 is 0. The number of methoxy groups -OCH3 is 1. The Morgan fingerprint density at radius 1 is 1.35 bits per heavy atom. The fraction of sp³-hybridized carbons (Fsp3) is 0.533. The van der Waals surface area contributed by atoms with Gasteiger partial charge in [-0.15, -0.1) is 0 Å². The van der Waals surface area contributed by atoms with Crippen LogP contribution < -0.4 is 0 Å². The van der Waals surface area contributed by atoms with Gasteiger partial charge in [0.05, 0.1) is 12.0 Å². The fourth-order valence-corrected chi connectivity index (χ4v) is 4.52. The first-order chi connectivity index (χ1) is 10.7. The Kier molecular flexibility index (Phi) is 4.74. The van der Waals surface area contributed by atoms with Crippen LogP contribution in [0.5, 0.6) is 0 Å². The highest BCUT2D eigenvalue weighted by Crippen LogP contribution is 2.44. The molecule has 0 radical (unpaired) electrons. The maximum absolute atomic E-state index is 12.2. The molecule has 0 heterocycles. The molecule has 1 fully saturated rings. The van der Waals surface area contributed by atoms with E-state index in [4.69, 9.17) is 0 Å². The summed E-state index contributed by atoms with van der Waals surface area (Å²) in [7, 11) is -2.79. The summed E-state index contributed by atoms with van der Waals surface area (Å²) in [4.78, 5) is 22.1. The molecule has 8 heteroatoms. The van der Waals surface area contributed by atoms with Gasteiger partial charge in [-0.05, 0) is 29.9 Å². The third-order valence-corrected chi connectivity index (χ3v) is 5.55. The van der Waals surface area contributed by atoms with Crippen molar-refractivity contribution < 1.29 is 22.9 Å². The van der Waals surface area contributed by atoms with Gasteiger partial charge in [0.2, 0.25) is 0 Å². The number of esters is 1. The highest BCUT2D eigenvalue weighted by molar-refractivity contribution is 7.91. The maximum atomic E-state index is 12.2. The predicted octanol–water partition coefficient (Wildman–Crippen LogP) is 2.69. The van der Waals surface area contributed by atoms with E-state index >= 15 is 0 Å². The molecule has 0 aromatic heterocycles. The topological polar surface area (TPSA) is 104 Å². The van der Waals surface area contributed by atoms with Crippen LogP contribution in [0.3, 0.4) is 0 Å². The molecule has 1 aromatic carbocycles. The summed E-state index contributed by atoms with van der Waals surface area (Å²) in [5, 5.41) is 11.5. The molecule has 2 rings (SSSR count). The average molecular weight is 341 g/mol. The number of nitro benzene ring substituents is 1. The number of benzene rings is 1. The predicted molar refractivity (Wildman–Crippen MR) is 83.3 cm³/mol. The molecule has 2 atom stereocenters. The Labute approximate surface area is 134 Å². The van der Waals surface area contributed by atoms with Gasteiger partial charge in [-0.2, -0.15) is 0 Å². The van der Waals surface area contributed by atoms with Crippen molar-refractivity contribution in [2.75, 3.05) is 13.4 Å². The molecule has 1 aliphatic rings. The summed E-state index contributed by atoms with van der Waals surface area (Å²) in [5.41, 5.74) is -0.597. The number of carbonyl (C=O) groups excluding carboxylic acids is 1. The van der Waals surface area contributed by atoms with Gasteiger partial charge in [-0.3, -0.25) is 10.1 Å². The van der Waals surface area contributed by atoms with E-state index in [-0.39, 0.29) is 22.3 Å². The van der Waals surface area contributed by atoms with Crippen molar-refractivity contribution in [2.24, 2.45) is 5.92 Å². The molecule has 0 aliphatic heterocycles. The maximum Gasteiger partial charge on any atom is 0.344 e. The van der Waals surface area contributed by atoms with Crippen LogP contribution in [0.1, 0.15) is 48.0 Å². The monoisotopic (exact) mass is 341 g/mol. The van der Waals surface area contributed by atoms with Gasteiger partial charge in [-0.1, -0.05) is 25.8 Å². The van der Waals surface area contributed by atoms with Crippen molar-refractivity contribution in [3.63, 3.8) is 0 Å². The van der Waals surface area contributed by atoms with Gasteiger partial charge >= 0.3 is 11.7 Å². The molecule has 0 spiro atoms. The largest absolute Gasteiger partial charge is 0.465 e. The van der Waals surface area contributed by atoms with Gasteiger partial charge in [0.25, 0.3) is 0 Å². The van der Waals surface area contributed by atoms with Gasteiger partial charge < -0.3 is 4.74 Å². The number of nitrogens with zero attached hydrogens (tertiary/aromatic N) is 1. The van der Waals surface area contributed by atoms with Crippen LogP contribution >= 0.6 is 0 Å². The molecule has 0 bridgehead atoms. The first kappa shape index (κ1) is 17.4. The Balaban J connectivity index is 2.82. The molecule has 7 nitrogen and oxygen atoms in total. The Morgan fingerprint density at radius 2 is 2.00 bits per heavy atom. The van der Waals surface area contributed by atoms with E-state index in [0.29, 0.717) is 5.56 Å². The molecular weight excluding hydrogens is 322 g/mol. The van der Waals surface area contributed by atoms with Crippen LogP contribution in [0.2, 0.25) is 0 Å². The first-order valence-electron chi connectivity index (χ1n) is 7.28. The molecule has 0 N–H and O–H groups in total. The van der Waals surface area contributed by atoms with Crippen LogP contribution in [-0.4, -0.2) is 32.7 Å². The summed E-state index contributed by atoms with van der Waals surface area (Å²) < 4.78 is 29.0. The van der Waals surface area contributed by atoms with Gasteiger partial charge in [0, 0.05) is 6.26 Å². The molecule has 0 saturated heterocycles. The van der Waals surface area contributed by atoms with Crippen LogP contribution in [0.25, 0.3) is 0 Å². The van der Waals surface area contributed by atoms with Crippen LogP contribution in [0.4, 0.5) is 5.69 Å². The Hall–Kier alpha value is -1.96. The van der Waals surface area contributed by atoms with Crippen molar-refractivity contribution in [3.8, 4) is 0 Å². The van der Waals surface area contributed by atoms with Crippen molar-refractivity contribution in [1.82, 2.24) is 0 Å². The van der Waals surface area contributed by atoms with Crippen LogP contribution in [0, 0.1) is 16.0 Å². The summed E-state index contributed by atoms with van der Waals surface area (Å²) in [5.74, 6) is -0.753. The molecule has 126 valence electrons. The summed E-state index contributed by atoms with van der Waals surface area (Å²) in [6.07, 6.45) is 3.60. The highest BCUT2D eigenvalue weighted by Gasteiger charge is 2.37. The van der Waals surface area contributed by atoms with E-state index in [1.165, 1.54) is 12.1 Å². The Bertz CT molecular complexity index is 755. The lowest BCUT2D eigenvalue weighted by Gasteiger charge is -2.19. The van der Waals surface area contributed by atoms with E-state index in [0.717, 1.165) is 32.6 Å². The zero-order valence-corrected chi connectivity index (χ0v) is 14.1. The summed E-state index contributed by atoms with van der Waals surface area (Å²) in [6, 6.07) is 2.81. The molecule has 23 heavy (non-hydrogen) atoms. The third kappa shape index (κ3) is 3.21. The van der Waals surface area contributed by atoms with E-state index in [2.05, 4.69) is 4.74 Å². The van der Waals surface area contributed by atoms with Gasteiger partial charge in [0.15, 0.2) is 9.84 Å². The van der Waals surface area contributed by atoms with E-state index in [1.54, 1.807) is 0 Å². The fourth-order valence-electron chi connectivity index (χ4n) is 3.33. The van der Waals surface area contributed by atoms with E-state index in [9.17, 15) is 23.3 Å². The Morgan fingerprint density at radius 3 is 2.43 bits per heavy atom.